The van der Waals surface area contributed by atoms with E-state index in [0.29, 0.717) is 24.8 Å². The molecule has 17 heavy (non-hydrogen) atoms. The van der Waals surface area contributed by atoms with Gasteiger partial charge in [-0.1, -0.05) is 6.58 Å². The minimum absolute atomic E-state index is 0.232. The number of aliphatic hydroxyl groups excluding tert-OH is 1. The van der Waals surface area contributed by atoms with E-state index in [1.165, 1.54) is 0 Å². The third kappa shape index (κ3) is 9.98. The first-order chi connectivity index (χ1) is 7.93. The topological polar surface area (TPSA) is 89.9 Å². The molecule has 1 atom stereocenters. The van der Waals surface area contributed by atoms with Crippen LogP contribution >= 0.6 is 0 Å². The van der Waals surface area contributed by atoms with E-state index < -0.39 is 23.1 Å². The van der Waals surface area contributed by atoms with Crippen LogP contribution in [0.25, 0.3) is 0 Å². The first-order valence-corrected chi connectivity index (χ1v) is 6.31. The summed E-state index contributed by atoms with van der Waals surface area (Å²) in [5.41, 5.74) is 0.345. The number of thiol groups is 1. The van der Waals surface area contributed by atoms with E-state index in [2.05, 4.69) is 10.8 Å². The number of carbonyl (C=O) groups excluding carboxylic acids is 1. The summed E-state index contributed by atoms with van der Waals surface area (Å²) in [7, 11) is -2.91. The van der Waals surface area contributed by atoms with Gasteiger partial charge in [0.1, 0.15) is 0 Å². The van der Waals surface area contributed by atoms with Gasteiger partial charge in [-0.05, 0) is 26.2 Å². The number of rotatable bonds is 9. The number of unbranched alkanes of at least 4 members (excludes halogenated alkanes) is 1. The fourth-order valence-electron chi connectivity index (χ4n) is 1.00. The monoisotopic (exact) mass is 266 g/mol. The van der Waals surface area contributed by atoms with Crippen molar-refractivity contribution in [3.63, 3.8) is 0 Å². The molecule has 0 saturated heterocycles. The fourth-order valence-corrected chi connectivity index (χ4v) is 1.29. The summed E-state index contributed by atoms with van der Waals surface area (Å²) in [5, 5.41) is 9.28. The Kier molecular flexibility index (Phi) is 8.65. The van der Waals surface area contributed by atoms with E-state index in [1.807, 2.05) is 0 Å². The molecule has 0 aromatic carbocycles. The number of esters is 1. The van der Waals surface area contributed by atoms with Crippen LogP contribution in [0.4, 0.5) is 0 Å². The molecular formula is C10H18O6S. The largest absolute Gasteiger partial charge is 0.462 e. The summed E-state index contributed by atoms with van der Waals surface area (Å²) in [6.07, 6.45) is 0.788. The second-order valence-electron chi connectivity index (χ2n) is 3.59. The number of carbonyl (C=O) groups is 1. The van der Waals surface area contributed by atoms with Gasteiger partial charge in [0, 0.05) is 5.57 Å². The Morgan fingerprint density at radius 2 is 2.06 bits per heavy atom. The van der Waals surface area contributed by atoms with Gasteiger partial charge in [-0.3, -0.25) is 4.18 Å². The zero-order valence-electron chi connectivity index (χ0n) is 9.76. The quantitative estimate of drug-likeness (QED) is 0.268. The third-order valence-electron chi connectivity index (χ3n) is 1.89. The highest BCUT2D eigenvalue weighted by atomic mass is 32.2. The third-order valence-corrected chi connectivity index (χ3v) is 2.25. The summed E-state index contributed by atoms with van der Waals surface area (Å²) >= 11 is 0. The van der Waals surface area contributed by atoms with Crippen LogP contribution in [-0.4, -0.2) is 38.8 Å². The van der Waals surface area contributed by atoms with Gasteiger partial charge in [-0.15, -0.1) is 0 Å². The summed E-state index contributed by atoms with van der Waals surface area (Å²) in [5.74, 6) is -0.433. The van der Waals surface area contributed by atoms with Crippen LogP contribution in [-0.2, 0) is 24.7 Å². The Balaban J connectivity index is 3.45. The van der Waals surface area contributed by atoms with Crippen LogP contribution < -0.4 is 0 Å². The number of hydrogen-bond acceptors (Lipinski definition) is 6. The molecule has 0 aliphatic carbocycles. The summed E-state index contributed by atoms with van der Waals surface area (Å²) in [6, 6.07) is 0. The molecule has 0 aromatic heterocycles. The molecule has 7 heteroatoms. The van der Waals surface area contributed by atoms with Crippen molar-refractivity contribution in [2.75, 3.05) is 13.2 Å². The van der Waals surface area contributed by atoms with Crippen LogP contribution in [0.3, 0.4) is 0 Å². The van der Waals surface area contributed by atoms with Crippen molar-refractivity contribution in [3.05, 3.63) is 12.2 Å². The molecule has 0 amide bonds. The Morgan fingerprint density at radius 1 is 1.41 bits per heavy atom. The summed E-state index contributed by atoms with van der Waals surface area (Å²) < 4.78 is 29.2. The van der Waals surface area contributed by atoms with Gasteiger partial charge in [-0.25, -0.2) is 13.2 Å². The molecular weight excluding hydrogens is 248 g/mol. The maximum atomic E-state index is 11.0. The fraction of sp³-hybridized carbons (Fsp3) is 0.700. The molecule has 0 bridgehead atoms. The highest BCUT2D eigenvalue weighted by Crippen LogP contribution is 2.03. The maximum absolute atomic E-state index is 11.0. The highest BCUT2D eigenvalue weighted by Gasteiger charge is 2.06. The maximum Gasteiger partial charge on any atom is 0.333 e. The Bertz CT molecular complexity index is 315. The molecule has 1 N–H and O–H groups in total. The zero-order chi connectivity index (χ0) is 13.3. The summed E-state index contributed by atoms with van der Waals surface area (Å²) in [4.78, 5) is 11.0. The average Bonchev–Trinajstić information content (AvgIpc) is 2.25. The lowest BCUT2D eigenvalue weighted by Crippen LogP contribution is -2.15. The Hall–Kier alpha value is -0.920. The predicted octanol–water partition coefficient (Wildman–Crippen LogP) is 0.180. The van der Waals surface area contributed by atoms with Crippen molar-refractivity contribution in [2.24, 2.45) is 0 Å². The summed E-state index contributed by atoms with van der Waals surface area (Å²) in [6.45, 7) is 5.02. The molecule has 0 heterocycles. The predicted molar refractivity (Wildman–Crippen MR) is 61.9 cm³/mol. The van der Waals surface area contributed by atoms with Gasteiger partial charge in [-0.2, -0.15) is 0 Å². The molecule has 1 unspecified atom stereocenters. The van der Waals surface area contributed by atoms with Crippen molar-refractivity contribution in [3.8, 4) is 0 Å². The molecule has 0 saturated carbocycles. The lowest BCUT2D eigenvalue weighted by atomic mass is 10.2. The molecule has 0 aliphatic heterocycles. The minimum atomic E-state index is -2.91. The number of aliphatic hydroxyl groups is 1. The molecule has 0 aromatic rings. The molecule has 0 fully saturated rings. The van der Waals surface area contributed by atoms with E-state index in [4.69, 9.17) is 4.74 Å². The Morgan fingerprint density at radius 3 is 2.59 bits per heavy atom. The van der Waals surface area contributed by atoms with E-state index in [9.17, 15) is 18.3 Å². The lowest BCUT2D eigenvalue weighted by Gasteiger charge is -2.08. The number of hydrogen-bond donors (Lipinski definition) is 2. The van der Waals surface area contributed by atoms with Gasteiger partial charge in [0.2, 0.25) is 0 Å². The molecule has 0 aliphatic rings. The second kappa shape index (κ2) is 9.15. The van der Waals surface area contributed by atoms with Gasteiger partial charge in [0.05, 0.1) is 19.3 Å². The lowest BCUT2D eigenvalue weighted by molar-refractivity contribution is -0.139. The second-order valence-corrected chi connectivity index (χ2v) is 4.29. The van der Waals surface area contributed by atoms with E-state index in [0.717, 1.165) is 0 Å². The molecule has 100 valence electrons. The van der Waals surface area contributed by atoms with E-state index >= 15 is 0 Å². The van der Waals surface area contributed by atoms with Crippen LogP contribution in [0.1, 0.15) is 26.2 Å². The number of ether oxygens (including phenoxy) is 1. The average molecular weight is 266 g/mol. The Labute approximate surface area is 102 Å². The van der Waals surface area contributed by atoms with Crippen molar-refractivity contribution >= 4 is 17.0 Å². The smallest absolute Gasteiger partial charge is 0.333 e. The van der Waals surface area contributed by atoms with Crippen molar-refractivity contribution in [1.29, 1.82) is 0 Å². The van der Waals surface area contributed by atoms with Gasteiger partial charge in [0.15, 0.2) is 0 Å². The van der Waals surface area contributed by atoms with Gasteiger partial charge >= 0.3 is 5.97 Å². The molecule has 0 spiro atoms. The normalized spacial score (nSPS) is 12.4. The van der Waals surface area contributed by atoms with Crippen molar-refractivity contribution in [2.45, 2.75) is 32.3 Å². The van der Waals surface area contributed by atoms with E-state index in [1.54, 1.807) is 6.92 Å². The van der Waals surface area contributed by atoms with E-state index in [-0.39, 0.29) is 13.2 Å². The van der Waals surface area contributed by atoms with Gasteiger partial charge in [0.25, 0.3) is 11.0 Å². The van der Waals surface area contributed by atoms with Crippen LogP contribution in [0, 0.1) is 0 Å². The molecule has 6 nitrogen and oxygen atoms in total. The standard InChI is InChI=1S/C10H18O6S/c1-8(2)10(12)15-6-4-3-5-9(11)7-16-17(13)14/h9,11,17H,1,3-7H2,2H3. The first kappa shape index (κ1) is 16.1. The van der Waals surface area contributed by atoms with Crippen LogP contribution in [0.15, 0.2) is 12.2 Å². The molecule has 0 rings (SSSR count). The van der Waals surface area contributed by atoms with Gasteiger partial charge < -0.3 is 9.84 Å². The zero-order valence-corrected chi connectivity index (χ0v) is 10.7. The van der Waals surface area contributed by atoms with Crippen molar-refractivity contribution in [1.82, 2.24) is 0 Å². The minimum Gasteiger partial charge on any atom is -0.462 e. The highest BCUT2D eigenvalue weighted by molar-refractivity contribution is 7.67. The first-order valence-electron chi connectivity index (χ1n) is 5.21. The SMILES string of the molecule is C=C(C)C(=O)OCCCCC(O)CO[SH](=O)=O. The molecule has 0 radical (unpaired) electrons. The van der Waals surface area contributed by atoms with Crippen molar-refractivity contribution < 1.29 is 27.2 Å². The van der Waals surface area contributed by atoms with Crippen LogP contribution in [0.2, 0.25) is 0 Å². The van der Waals surface area contributed by atoms with Crippen LogP contribution in [0.5, 0.6) is 0 Å².